The number of aromatic nitrogens is 1. The number of anilines is 1. The van der Waals surface area contributed by atoms with Crippen LogP contribution in [0.15, 0.2) is 42.6 Å². The minimum absolute atomic E-state index is 0.147. The van der Waals surface area contributed by atoms with Crippen LogP contribution in [0.1, 0.15) is 0 Å². The third-order valence-electron chi connectivity index (χ3n) is 2.58. The number of halogens is 2. The van der Waals surface area contributed by atoms with E-state index in [0.717, 1.165) is 0 Å². The maximum absolute atomic E-state index is 11.7. The van der Waals surface area contributed by atoms with Gasteiger partial charge in [-0.05, 0) is 24.3 Å². The summed E-state index contributed by atoms with van der Waals surface area (Å²) in [6.07, 6.45) is 1.49. The van der Waals surface area contributed by atoms with Gasteiger partial charge in [0, 0.05) is 6.20 Å². The van der Waals surface area contributed by atoms with E-state index in [-0.39, 0.29) is 11.8 Å². The Morgan fingerprint density at radius 2 is 1.87 bits per heavy atom. The monoisotopic (exact) mass is 354 g/mol. The van der Waals surface area contributed by atoms with Gasteiger partial charge >= 0.3 is 5.97 Å². The molecule has 6 nitrogen and oxygen atoms in total. The van der Waals surface area contributed by atoms with E-state index >= 15 is 0 Å². The van der Waals surface area contributed by atoms with Gasteiger partial charge in [0.25, 0.3) is 5.91 Å². The van der Waals surface area contributed by atoms with E-state index in [1.54, 1.807) is 36.4 Å². The number of ether oxygens (including phenoxy) is 2. The van der Waals surface area contributed by atoms with E-state index in [1.807, 2.05) is 0 Å². The standard InChI is InChI=1S/C15H12Cl2N2O4/c16-10-4-1-2-6-12(10)22-9-14(21)23-8-13(20)19-11-5-3-7-18-15(11)17/h1-7H,8-9H2,(H,19,20). The van der Waals surface area contributed by atoms with Crippen molar-refractivity contribution in [3.63, 3.8) is 0 Å². The summed E-state index contributed by atoms with van der Waals surface area (Å²) in [4.78, 5) is 27.0. The highest BCUT2D eigenvalue weighted by Gasteiger charge is 2.11. The molecule has 2 aromatic rings. The van der Waals surface area contributed by atoms with Crippen molar-refractivity contribution in [1.29, 1.82) is 0 Å². The maximum atomic E-state index is 11.7. The van der Waals surface area contributed by atoms with Crippen LogP contribution in [0, 0.1) is 0 Å². The molecule has 0 aliphatic rings. The Hall–Kier alpha value is -2.31. The number of benzene rings is 1. The van der Waals surface area contributed by atoms with Crippen molar-refractivity contribution in [3.05, 3.63) is 52.8 Å². The zero-order valence-corrected chi connectivity index (χ0v) is 13.3. The van der Waals surface area contributed by atoms with Crippen LogP contribution < -0.4 is 10.1 Å². The van der Waals surface area contributed by atoms with E-state index < -0.39 is 18.5 Å². The zero-order valence-electron chi connectivity index (χ0n) is 11.8. The lowest BCUT2D eigenvalue weighted by molar-refractivity contribution is -0.149. The lowest BCUT2D eigenvalue weighted by Crippen LogP contribution is -2.23. The van der Waals surface area contributed by atoms with Crippen molar-refractivity contribution in [3.8, 4) is 5.75 Å². The van der Waals surface area contributed by atoms with E-state index in [4.69, 9.17) is 32.7 Å². The molecule has 0 radical (unpaired) electrons. The smallest absolute Gasteiger partial charge is 0.344 e. The minimum atomic E-state index is -0.697. The molecule has 23 heavy (non-hydrogen) atoms. The van der Waals surface area contributed by atoms with Gasteiger partial charge in [0.2, 0.25) is 0 Å². The van der Waals surface area contributed by atoms with Crippen LogP contribution in [0.2, 0.25) is 10.2 Å². The Bertz CT molecular complexity index is 709. The lowest BCUT2D eigenvalue weighted by Gasteiger charge is -2.09. The molecule has 1 aromatic heterocycles. The fourth-order valence-electron chi connectivity index (χ4n) is 1.55. The predicted octanol–water partition coefficient (Wildman–Crippen LogP) is 2.95. The van der Waals surface area contributed by atoms with Crippen LogP contribution in [-0.2, 0) is 14.3 Å². The second-order valence-corrected chi connectivity index (χ2v) is 5.03. The molecule has 0 atom stereocenters. The highest BCUT2D eigenvalue weighted by molar-refractivity contribution is 6.32. The van der Waals surface area contributed by atoms with Crippen LogP contribution in [-0.4, -0.2) is 30.1 Å². The summed E-state index contributed by atoms with van der Waals surface area (Å²) in [5.74, 6) is -0.874. The third kappa shape index (κ3) is 5.43. The number of amides is 1. The summed E-state index contributed by atoms with van der Waals surface area (Å²) in [6, 6.07) is 9.90. The Balaban J connectivity index is 1.75. The Morgan fingerprint density at radius 1 is 1.09 bits per heavy atom. The van der Waals surface area contributed by atoms with Crippen molar-refractivity contribution in [2.45, 2.75) is 0 Å². The number of para-hydroxylation sites is 1. The van der Waals surface area contributed by atoms with Crippen LogP contribution in [0.3, 0.4) is 0 Å². The van der Waals surface area contributed by atoms with Gasteiger partial charge in [-0.25, -0.2) is 9.78 Å². The molecule has 0 aliphatic heterocycles. The molecule has 0 unspecified atom stereocenters. The first-order valence-corrected chi connectivity index (χ1v) is 7.25. The van der Waals surface area contributed by atoms with Crippen molar-refractivity contribution in [1.82, 2.24) is 4.98 Å². The van der Waals surface area contributed by atoms with Gasteiger partial charge < -0.3 is 14.8 Å². The number of hydrogen-bond donors (Lipinski definition) is 1. The fraction of sp³-hybridized carbons (Fsp3) is 0.133. The quantitative estimate of drug-likeness (QED) is 0.637. The second-order valence-electron chi connectivity index (χ2n) is 4.27. The number of rotatable bonds is 6. The molecule has 0 aliphatic carbocycles. The van der Waals surface area contributed by atoms with Crippen molar-refractivity contribution >= 4 is 40.8 Å². The third-order valence-corrected chi connectivity index (χ3v) is 3.19. The van der Waals surface area contributed by atoms with Crippen LogP contribution >= 0.6 is 23.2 Å². The number of carbonyl (C=O) groups excluding carboxylic acids is 2. The second kappa shape index (κ2) is 8.36. The number of pyridine rings is 1. The molecule has 1 heterocycles. The molecule has 0 spiro atoms. The highest BCUT2D eigenvalue weighted by atomic mass is 35.5. The molecule has 8 heteroatoms. The lowest BCUT2D eigenvalue weighted by atomic mass is 10.3. The largest absolute Gasteiger partial charge is 0.480 e. The highest BCUT2D eigenvalue weighted by Crippen LogP contribution is 2.22. The van der Waals surface area contributed by atoms with E-state index in [0.29, 0.717) is 16.5 Å². The SMILES string of the molecule is O=C(COC(=O)COc1ccccc1Cl)Nc1cccnc1Cl. The summed E-state index contributed by atoms with van der Waals surface area (Å²) in [5.41, 5.74) is 0.336. The summed E-state index contributed by atoms with van der Waals surface area (Å²) in [7, 11) is 0. The van der Waals surface area contributed by atoms with Crippen molar-refractivity contribution < 1.29 is 19.1 Å². The molecule has 0 bridgehead atoms. The topological polar surface area (TPSA) is 77.5 Å². The number of nitrogens with zero attached hydrogens (tertiary/aromatic N) is 1. The normalized spacial score (nSPS) is 10.0. The molecular formula is C15H12Cl2N2O4. The first-order valence-electron chi connectivity index (χ1n) is 6.49. The predicted molar refractivity (Wildman–Crippen MR) is 85.8 cm³/mol. The zero-order chi connectivity index (χ0) is 16.7. The number of esters is 1. The molecule has 0 saturated heterocycles. The summed E-state index contributed by atoms with van der Waals surface area (Å²) in [6.45, 7) is -0.819. The van der Waals surface area contributed by atoms with Gasteiger partial charge in [0.1, 0.15) is 5.75 Å². The van der Waals surface area contributed by atoms with Crippen LogP contribution in [0.5, 0.6) is 5.75 Å². The molecule has 0 saturated carbocycles. The summed E-state index contributed by atoms with van der Waals surface area (Å²) >= 11 is 11.7. The van der Waals surface area contributed by atoms with Gasteiger partial charge in [0.05, 0.1) is 10.7 Å². The molecule has 1 aromatic carbocycles. The van der Waals surface area contributed by atoms with Crippen molar-refractivity contribution in [2.75, 3.05) is 18.5 Å². The summed E-state index contributed by atoms with van der Waals surface area (Å²) < 4.78 is 9.99. The minimum Gasteiger partial charge on any atom is -0.480 e. The van der Waals surface area contributed by atoms with Gasteiger partial charge in [-0.15, -0.1) is 0 Å². The molecule has 2 rings (SSSR count). The van der Waals surface area contributed by atoms with Gasteiger partial charge in [0.15, 0.2) is 18.4 Å². The van der Waals surface area contributed by atoms with E-state index in [9.17, 15) is 9.59 Å². The average molecular weight is 355 g/mol. The van der Waals surface area contributed by atoms with Gasteiger partial charge in [-0.2, -0.15) is 0 Å². The molecule has 120 valence electrons. The Labute approximate surface area is 142 Å². The number of hydrogen-bond acceptors (Lipinski definition) is 5. The van der Waals surface area contributed by atoms with Crippen LogP contribution in [0.25, 0.3) is 0 Å². The van der Waals surface area contributed by atoms with Crippen molar-refractivity contribution in [2.24, 2.45) is 0 Å². The first-order chi connectivity index (χ1) is 11.1. The average Bonchev–Trinajstić information content (AvgIpc) is 2.54. The Kier molecular flexibility index (Phi) is 6.19. The molecule has 1 N–H and O–H groups in total. The maximum Gasteiger partial charge on any atom is 0.344 e. The van der Waals surface area contributed by atoms with Gasteiger partial charge in [-0.3, -0.25) is 4.79 Å². The molecular weight excluding hydrogens is 343 g/mol. The number of carbonyl (C=O) groups is 2. The molecule has 1 amide bonds. The van der Waals surface area contributed by atoms with E-state index in [1.165, 1.54) is 6.20 Å². The molecule has 0 fully saturated rings. The Morgan fingerprint density at radius 3 is 2.61 bits per heavy atom. The van der Waals surface area contributed by atoms with Crippen LogP contribution in [0.4, 0.5) is 5.69 Å². The van der Waals surface area contributed by atoms with E-state index in [2.05, 4.69) is 10.3 Å². The first kappa shape index (κ1) is 17.1. The number of nitrogens with one attached hydrogen (secondary N) is 1. The summed E-state index contributed by atoms with van der Waals surface area (Å²) in [5, 5.41) is 3.00. The van der Waals surface area contributed by atoms with Gasteiger partial charge in [-0.1, -0.05) is 35.3 Å². The fourth-order valence-corrected chi connectivity index (χ4v) is 1.91.